The standard InChI is InChI=1S/C15H18F3N3O4/c1-2-25-14(24)20-8-6-19(7-9-20)12(22)10-21-5-3-4-11(13(21)23)15(16,17)18/h3-5H,2,6-10H2,1H3. The number of hydrogen-bond donors (Lipinski definition) is 0. The van der Waals surface area contributed by atoms with Gasteiger partial charge in [0.05, 0.1) is 6.61 Å². The van der Waals surface area contributed by atoms with Crippen LogP contribution in [0.2, 0.25) is 0 Å². The third-order valence-electron chi connectivity index (χ3n) is 3.79. The summed E-state index contributed by atoms with van der Waals surface area (Å²) < 4.78 is 43.8. The van der Waals surface area contributed by atoms with E-state index in [4.69, 9.17) is 4.74 Å². The van der Waals surface area contributed by atoms with Crippen molar-refractivity contribution in [1.82, 2.24) is 14.4 Å². The molecule has 2 amide bonds. The number of alkyl halides is 3. The fraction of sp³-hybridized carbons (Fsp3) is 0.533. The maximum Gasteiger partial charge on any atom is 0.421 e. The molecule has 0 spiro atoms. The number of carbonyl (C=O) groups is 2. The van der Waals surface area contributed by atoms with Crippen molar-refractivity contribution in [3.05, 3.63) is 34.2 Å². The predicted octanol–water partition coefficient (Wildman–Crippen LogP) is 1.17. The first-order valence-corrected chi connectivity index (χ1v) is 7.70. The molecule has 2 heterocycles. The lowest BCUT2D eigenvalue weighted by Crippen LogP contribution is -2.51. The van der Waals surface area contributed by atoms with Crippen molar-refractivity contribution in [3.63, 3.8) is 0 Å². The van der Waals surface area contributed by atoms with E-state index in [-0.39, 0.29) is 32.8 Å². The smallest absolute Gasteiger partial charge is 0.421 e. The molecule has 2 rings (SSSR count). The summed E-state index contributed by atoms with van der Waals surface area (Å²) in [6.07, 6.45) is -4.10. The van der Waals surface area contributed by atoms with Crippen LogP contribution in [0.15, 0.2) is 23.1 Å². The van der Waals surface area contributed by atoms with Crippen molar-refractivity contribution in [1.29, 1.82) is 0 Å². The summed E-state index contributed by atoms with van der Waals surface area (Å²) >= 11 is 0. The van der Waals surface area contributed by atoms with Crippen molar-refractivity contribution in [2.45, 2.75) is 19.6 Å². The second-order valence-electron chi connectivity index (χ2n) is 5.42. The summed E-state index contributed by atoms with van der Waals surface area (Å²) in [7, 11) is 0. The predicted molar refractivity (Wildman–Crippen MR) is 80.9 cm³/mol. The average Bonchev–Trinajstić information content (AvgIpc) is 2.56. The maximum atomic E-state index is 12.7. The minimum absolute atomic E-state index is 0.228. The van der Waals surface area contributed by atoms with Crippen LogP contribution < -0.4 is 5.56 Å². The van der Waals surface area contributed by atoms with Crippen LogP contribution in [0.4, 0.5) is 18.0 Å². The summed E-state index contributed by atoms with van der Waals surface area (Å²) in [6, 6.07) is 1.76. The number of nitrogens with zero attached hydrogens (tertiary/aromatic N) is 3. The molecule has 0 radical (unpaired) electrons. The largest absolute Gasteiger partial charge is 0.450 e. The molecule has 0 saturated carbocycles. The molecule has 10 heteroatoms. The van der Waals surface area contributed by atoms with Gasteiger partial charge < -0.3 is 19.1 Å². The third kappa shape index (κ3) is 4.52. The van der Waals surface area contributed by atoms with E-state index in [2.05, 4.69) is 0 Å². The highest BCUT2D eigenvalue weighted by molar-refractivity contribution is 5.76. The normalized spacial score (nSPS) is 15.2. The lowest BCUT2D eigenvalue weighted by atomic mass is 10.2. The number of halogens is 3. The van der Waals surface area contributed by atoms with Gasteiger partial charge in [-0.25, -0.2) is 4.79 Å². The summed E-state index contributed by atoms with van der Waals surface area (Å²) in [5.41, 5.74) is -2.57. The van der Waals surface area contributed by atoms with Crippen LogP contribution in [0.25, 0.3) is 0 Å². The monoisotopic (exact) mass is 361 g/mol. The van der Waals surface area contributed by atoms with Crippen molar-refractivity contribution < 1.29 is 27.5 Å². The lowest BCUT2D eigenvalue weighted by molar-refractivity contribution is -0.139. The topological polar surface area (TPSA) is 71.8 Å². The van der Waals surface area contributed by atoms with E-state index in [1.165, 1.54) is 9.80 Å². The molecule has 0 bridgehead atoms. The zero-order valence-electron chi connectivity index (χ0n) is 13.6. The van der Waals surface area contributed by atoms with Gasteiger partial charge in [0.25, 0.3) is 5.56 Å². The average molecular weight is 361 g/mol. The van der Waals surface area contributed by atoms with Gasteiger partial charge in [-0.3, -0.25) is 9.59 Å². The van der Waals surface area contributed by atoms with E-state index >= 15 is 0 Å². The van der Waals surface area contributed by atoms with Crippen molar-refractivity contribution in [2.24, 2.45) is 0 Å². The molecule has 1 aliphatic heterocycles. The van der Waals surface area contributed by atoms with Gasteiger partial charge in [0, 0.05) is 32.4 Å². The van der Waals surface area contributed by atoms with Gasteiger partial charge in [-0.2, -0.15) is 13.2 Å². The van der Waals surface area contributed by atoms with E-state index in [0.717, 1.165) is 16.8 Å². The summed E-state index contributed by atoms with van der Waals surface area (Å²) in [6.45, 7) is 2.43. The third-order valence-corrected chi connectivity index (χ3v) is 3.79. The number of piperazine rings is 1. The molecular formula is C15H18F3N3O4. The Hall–Kier alpha value is -2.52. The number of carbonyl (C=O) groups excluding carboxylic acids is 2. The lowest BCUT2D eigenvalue weighted by Gasteiger charge is -2.34. The number of ether oxygens (including phenoxy) is 1. The van der Waals surface area contributed by atoms with Crippen LogP contribution >= 0.6 is 0 Å². The van der Waals surface area contributed by atoms with Gasteiger partial charge in [0.1, 0.15) is 12.1 Å². The quantitative estimate of drug-likeness (QED) is 0.810. The minimum atomic E-state index is -4.77. The van der Waals surface area contributed by atoms with Gasteiger partial charge in [0.2, 0.25) is 5.91 Å². The molecule has 0 N–H and O–H groups in total. The van der Waals surface area contributed by atoms with Gasteiger partial charge >= 0.3 is 12.3 Å². The van der Waals surface area contributed by atoms with Gasteiger partial charge in [-0.15, -0.1) is 0 Å². The first-order chi connectivity index (χ1) is 11.7. The summed E-state index contributed by atoms with van der Waals surface area (Å²) in [5, 5.41) is 0. The first-order valence-electron chi connectivity index (χ1n) is 7.70. The van der Waals surface area contributed by atoms with Crippen LogP contribution in [0, 0.1) is 0 Å². The first kappa shape index (κ1) is 18.8. The molecule has 0 aliphatic carbocycles. The molecule has 1 aromatic heterocycles. The van der Waals surface area contributed by atoms with E-state index < -0.39 is 35.8 Å². The molecule has 1 saturated heterocycles. The van der Waals surface area contributed by atoms with Crippen molar-refractivity contribution >= 4 is 12.0 Å². The van der Waals surface area contributed by atoms with E-state index in [1.807, 2.05) is 0 Å². The molecular weight excluding hydrogens is 343 g/mol. The number of aromatic nitrogens is 1. The Kier molecular flexibility index (Phi) is 5.70. The Labute approximate surface area is 141 Å². The highest BCUT2D eigenvalue weighted by atomic mass is 19.4. The fourth-order valence-electron chi connectivity index (χ4n) is 2.48. The molecule has 0 aromatic carbocycles. The van der Waals surface area contributed by atoms with Crippen LogP contribution in [0.1, 0.15) is 12.5 Å². The second kappa shape index (κ2) is 7.58. The Morgan fingerprint density at radius 1 is 1.16 bits per heavy atom. The number of amides is 2. The molecule has 0 unspecified atom stereocenters. The molecule has 1 fully saturated rings. The Bertz CT molecular complexity index is 694. The highest BCUT2D eigenvalue weighted by Crippen LogP contribution is 2.25. The van der Waals surface area contributed by atoms with Gasteiger partial charge in [-0.05, 0) is 19.1 Å². The van der Waals surface area contributed by atoms with Crippen molar-refractivity contribution in [2.75, 3.05) is 32.8 Å². The molecule has 25 heavy (non-hydrogen) atoms. The van der Waals surface area contributed by atoms with Crippen LogP contribution in [0.5, 0.6) is 0 Å². The maximum absolute atomic E-state index is 12.7. The van der Waals surface area contributed by atoms with Gasteiger partial charge in [-0.1, -0.05) is 0 Å². The van der Waals surface area contributed by atoms with Crippen molar-refractivity contribution in [3.8, 4) is 0 Å². The number of hydrogen-bond acceptors (Lipinski definition) is 4. The zero-order valence-corrected chi connectivity index (χ0v) is 13.6. The van der Waals surface area contributed by atoms with E-state index in [1.54, 1.807) is 6.92 Å². The number of rotatable bonds is 3. The van der Waals surface area contributed by atoms with E-state index in [9.17, 15) is 27.6 Å². The highest BCUT2D eigenvalue weighted by Gasteiger charge is 2.34. The SMILES string of the molecule is CCOC(=O)N1CCN(C(=O)Cn2cccc(C(F)(F)F)c2=O)CC1. The summed E-state index contributed by atoms with van der Waals surface area (Å²) in [4.78, 5) is 38.5. The van der Waals surface area contributed by atoms with Crippen LogP contribution in [-0.4, -0.2) is 59.2 Å². The molecule has 138 valence electrons. The van der Waals surface area contributed by atoms with E-state index in [0.29, 0.717) is 6.07 Å². The van der Waals surface area contributed by atoms with Gasteiger partial charge in [0.15, 0.2) is 0 Å². The minimum Gasteiger partial charge on any atom is -0.450 e. The van der Waals surface area contributed by atoms with Crippen LogP contribution in [0.3, 0.4) is 0 Å². The molecule has 7 nitrogen and oxygen atoms in total. The molecule has 1 aliphatic rings. The fourth-order valence-corrected chi connectivity index (χ4v) is 2.48. The number of pyridine rings is 1. The molecule has 0 atom stereocenters. The molecule has 1 aromatic rings. The Balaban J connectivity index is 2.00. The summed E-state index contributed by atoms with van der Waals surface area (Å²) in [5.74, 6) is -0.482. The Morgan fingerprint density at radius 3 is 2.32 bits per heavy atom. The second-order valence-corrected chi connectivity index (χ2v) is 5.42. The zero-order chi connectivity index (χ0) is 18.6. The van der Waals surface area contributed by atoms with Crippen LogP contribution in [-0.2, 0) is 22.3 Å². The Morgan fingerprint density at radius 2 is 1.76 bits per heavy atom.